The molecule has 1 aromatic carbocycles. The Morgan fingerprint density at radius 1 is 1.32 bits per heavy atom. The van der Waals surface area contributed by atoms with Gasteiger partial charge >= 0.3 is 5.97 Å². The second-order valence-electron chi connectivity index (χ2n) is 4.09. The van der Waals surface area contributed by atoms with Gasteiger partial charge in [-0.05, 0) is 25.1 Å². The van der Waals surface area contributed by atoms with Crippen molar-refractivity contribution in [3.05, 3.63) is 59.5 Å². The van der Waals surface area contributed by atoms with Crippen LogP contribution in [0.25, 0.3) is 0 Å². The van der Waals surface area contributed by atoms with Crippen LogP contribution < -0.4 is 5.32 Å². The number of nitrogens with one attached hydrogen (secondary N) is 1. The Morgan fingerprint density at radius 2 is 2.05 bits per heavy atom. The number of hydrogen-bond acceptors (Lipinski definition) is 3. The molecular weight excluding hydrogens is 247 g/mol. The van der Waals surface area contributed by atoms with Crippen molar-refractivity contribution in [1.82, 2.24) is 4.98 Å². The lowest BCUT2D eigenvalue weighted by Crippen LogP contribution is -2.13. The minimum Gasteiger partial charge on any atom is -0.478 e. The molecule has 4 nitrogen and oxygen atoms in total. The van der Waals surface area contributed by atoms with Crippen LogP contribution in [0.2, 0.25) is 0 Å². The predicted molar refractivity (Wildman–Crippen MR) is 69.6 cm³/mol. The molecule has 0 bridgehead atoms. The first-order chi connectivity index (χ1) is 9.09. The van der Waals surface area contributed by atoms with Crippen LogP contribution in [0.1, 0.15) is 28.9 Å². The van der Waals surface area contributed by atoms with Gasteiger partial charge in [-0.25, -0.2) is 14.2 Å². The number of benzene rings is 1. The maximum atomic E-state index is 13.6. The van der Waals surface area contributed by atoms with Gasteiger partial charge in [0.2, 0.25) is 0 Å². The van der Waals surface area contributed by atoms with E-state index in [2.05, 4.69) is 10.3 Å². The molecule has 2 N–H and O–H groups in total. The van der Waals surface area contributed by atoms with Gasteiger partial charge in [-0.2, -0.15) is 0 Å². The molecule has 1 atom stereocenters. The molecule has 0 aliphatic rings. The highest BCUT2D eigenvalue weighted by Gasteiger charge is 2.15. The largest absolute Gasteiger partial charge is 0.478 e. The second-order valence-corrected chi connectivity index (χ2v) is 4.09. The number of nitrogens with zero attached hydrogens (tertiary/aromatic N) is 1. The number of carbonyl (C=O) groups is 1. The van der Waals surface area contributed by atoms with Crippen molar-refractivity contribution in [2.24, 2.45) is 0 Å². The van der Waals surface area contributed by atoms with Gasteiger partial charge in [-0.1, -0.05) is 18.2 Å². The molecule has 1 unspecified atom stereocenters. The van der Waals surface area contributed by atoms with Crippen molar-refractivity contribution in [1.29, 1.82) is 0 Å². The number of halogens is 1. The summed E-state index contributed by atoms with van der Waals surface area (Å²) >= 11 is 0. The topological polar surface area (TPSA) is 62.2 Å². The van der Waals surface area contributed by atoms with Gasteiger partial charge in [0.25, 0.3) is 0 Å². The Hall–Kier alpha value is -2.43. The van der Waals surface area contributed by atoms with Crippen LogP contribution in [0.3, 0.4) is 0 Å². The maximum absolute atomic E-state index is 13.6. The fourth-order valence-electron chi connectivity index (χ4n) is 1.80. The first-order valence-corrected chi connectivity index (χ1v) is 5.79. The highest BCUT2D eigenvalue weighted by Crippen LogP contribution is 2.22. The number of carboxylic acid groups (broad SMARTS) is 1. The van der Waals surface area contributed by atoms with E-state index in [0.717, 1.165) is 0 Å². The SMILES string of the molecule is CC(Nc1ncccc1C(=O)O)c1ccccc1F. The van der Waals surface area contributed by atoms with Gasteiger partial charge in [0.05, 0.1) is 6.04 Å². The standard InChI is InChI=1S/C14H13FN2O2/c1-9(10-5-2-3-7-12(10)15)17-13-11(14(18)19)6-4-8-16-13/h2-9H,1H3,(H,16,17)(H,18,19). The maximum Gasteiger partial charge on any atom is 0.339 e. The molecule has 0 saturated carbocycles. The highest BCUT2D eigenvalue weighted by molar-refractivity contribution is 5.93. The number of aromatic carboxylic acids is 1. The first kappa shape index (κ1) is 13.0. The number of pyridine rings is 1. The molecule has 0 amide bonds. The van der Waals surface area contributed by atoms with Crippen molar-refractivity contribution >= 4 is 11.8 Å². The summed E-state index contributed by atoms with van der Waals surface area (Å²) in [6, 6.07) is 8.96. The fourth-order valence-corrected chi connectivity index (χ4v) is 1.80. The van der Waals surface area contributed by atoms with Crippen LogP contribution in [-0.4, -0.2) is 16.1 Å². The molecule has 0 saturated heterocycles. The van der Waals surface area contributed by atoms with E-state index >= 15 is 0 Å². The summed E-state index contributed by atoms with van der Waals surface area (Å²) in [7, 11) is 0. The summed E-state index contributed by atoms with van der Waals surface area (Å²) < 4.78 is 13.6. The minimum absolute atomic E-state index is 0.0608. The second kappa shape index (κ2) is 5.48. The van der Waals surface area contributed by atoms with E-state index < -0.39 is 5.97 Å². The van der Waals surface area contributed by atoms with Crippen molar-refractivity contribution < 1.29 is 14.3 Å². The lowest BCUT2D eigenvalue weighted by Gasteiger charge is -2.16. The molecule has 19 heavy (non-hydrogen) atoms. The van der Waals surface area contributed by atoms with Crippen molar-refractivity contribution in [3.8, 4) is 0 Å². The molecule has 0 radical (unpaired) electrons. The van der Waals surface area contributed by atoms with E-state index in [9.17, 15) is 9.18 Å². The van der Waals surface area contributed by atoms with Crippen LogP contribution >= 0.6 is 0 Å². The lowest BCUT2D eigenvalue weighted by molar-refractivity contribution is 0.0697. The Labute approximate surface area is 109 Å². The zero-order chi connectivity index (χ0) is 13.8. The Morgan fingerprint density at radius 3 is 2.74 bits per heavy atom. The molecule has 5 heteroatoms. The summed E-state index contributed by atoms with van der Waals surface area (Å²) in [5.74, 6) is -1.18. The van der Waals surface area contributed by atoms with Crippen molar-refractivity contribution in [2.75, 3.05) is 5.32 Å². The van der Waals surface area contributed by atoms with Gasteiger partial charge in [-0.3, -0.25) is 0 Å². The van der Waals surface area contributed by atoms with Crippen LogP contribution in [0.5, 0.6) is 0 Å². The number of aromatic nitrogens is 1. The molecule has 0 spiro atoms. The average Bonchev–Trinajstić information content (AvgIpc) is 2.39. The van der Waals surface area contributed by atoms with E-state index in [1.165, 1.54) is 18.3 Å². The zero-order valence-corrected chi connectivity index (χ0v) is 10.3. The third-order valence-electron chi connectivity index (χ3n) is 2.76. The predicted octanol–water partition coefficient (Wildman–Crippen LogP) is 3.09. The number of carboxylic acids is 1. The van der Waals surface area contributed by atoms with Gasteiger partial charge in [0.15, 0.2) is 0 Å². The summed E-state index contributed by atoms with van der Waals surface area (Å²) in [6.45, 7) is 1.75. The van der Waals surface area contributed by atoms with E-state index in [-0.39, 0.29) is 23.2 Å². The van der Waals surface area contributed by atoms with Crippen LogP contribution in [0.4, 0.5) is 10.2 Å². The summed E-state index contributed by atoms with van der Waals surface area (Å²) in [5, 5.41) is 12.0. The summed E-state index contributed by atoms with van der Waals surface area (Å²) in [5.41, 5.74) is 0.523. The molecule has 0 fully saturated rings. The van der Waals surface area contributed by atoms with E-state index in [1.54, 1.807) is 31.2 Å². The summed E-state index contributed by atoms with van der Waals surface area (Å²) in [4.78, 5) is 15.0. The molecule has 1 heterocycles. The van der Waals surface area contributed by atoms with E-state index in [1.807, 2.05) is 0 Å². The highest BCUT2D eigenvalue weighted by atomic mass is 19.1. The molecule has 1 aromatic heterocycles. The number of anilines is 1. The molecule has 98 valence electrons. The third kappa shape index (κ3) is 2.88. The molecular formula is C14H13FN2O2. The van der Waals surface area contributed by atoms with Gasteiger partial charge in [0, 0.05) is 11.8 Å². The van der Waals surface area contributed by atoms with Gasteiger partial charge < -0.3 is 10.4 Å². The lowest BCUT2D eigenvalue weighted by atomic mass is 10.1. The van der Waals surface area contributed by atoms with E-state index in [4.69, 9.17) is 5.11 Å². The first-order valence-electron chi connectivity index (χ1n) is 5.79. The van der Waals surface area contributed by atoms with Crippen molar-refractivity contribution in [3.63, 3.8) is 0 Å². The van der Waals surface area contributed by atoms with Crippen LogP contribution in [0, 0.1) is 5.82 Å². The Kier molecular flexibility index (Phi) is 3.75. The molecule has 0 aliphatic heterocycles. The quantitative estimate of drug-likeness (QED) is 0.886. The zero-order valence-electron chi connectivity index (χ0n) is 10.3. The van der Waals surface area contributed by atoms with Gasteiger partial charge in [0.1, 0.15) is 17.2 Å². The van der Waals surface area contributed by atoms with Crippen molar-refractivity contribution in [2.45, 2.75) is 13.0 Å². The normalized spacial score (nSPS) is 11.9. The van der Waals surface area contributed by atoms with Gasteiger partial charge in [-0.15, -0.1) is 0 Å². The summed E-state index contributed by atoms with van der Waals surface area (Å²) in [6.07, 6.45) is 1.49. The fraction of sp³-hybridized carbons (Fsp3) is 0.143. The van der Waals surface area contributed by atoms with Crippen LogP contribution in [0.15, 0.2) is 42.6 Å². The Balaban J connectivity index is 2.27. The smallest absolute Gasteiger partial charge is 0.339 e. The van der Waals surface area contributed by atoms with Crippen LogP contribution in [-0.2, 0) is 0 Å². The molecule has 2 aromatic rings. The number of rotatable bonds is 4. The molecule has 0 aliphatic carbocycles. The monoisotopic (exact) mass is 260 g/mol. The minimum atomic E-state index is -1.07. The Bertz CT molecular complexity index is 602. The van der Waals surface area contributed by atoms with E-state index in [0.29, 0.717) is 5.56 Å². The third-order valence-corrected chi connectivity index (χ3v) is 2.76. The molecule has 2 rings (SSSR count). The number of hydrogen-bond donors (Lipinski definition) is 2. The average molecular weight is 260 g/mol.